The predicted octanol–water partition coefficient (Wildman–Crippen LogP) is 0.858. The topological polar surface area (TPSA) is 38.5 Å². The second kappa shape index (κ2) is 8.23. The van der Waals surface area contributed by atoms with Crippen LogP contribution in [0, 0.1) is 0 Å². The standard InChI is InChI=1S/C10H22N2O/c1-10(2)13-9-8-12(3)7-5-4-6-11/h4-5,10H,6-9,11H2,1-3H3/b5-4+. The highest BCUT2D eigenvalue weighted by Gasteiger charge is 1.96. The van der Waals surface area contributed by atoms with Gasteiger partial charge in [0, 0.05) is 19.6 Å². The van der Waals surface area contributed by atoms with Crippen LogP contribution >= 0.6 is 0 Å². The molecule has 0 heterocycles. The molecule has 0 amide bonds. The molecule has 0 aliphatic rings. The molecule has 0 aromatic heterocycles. The molecule has 0 aromatic rings. The lowest BCUT2D eigenvalue weighted by atomic mass is 10.4. The second-order valence-electron chi connectivity index (χ2n) is 3.39. The molecule has 13 heavy (non-hydrogen) atoms. The van der Waals surface area contributed by atoms with Gasteiger partial charge in [-0.1, -0.05) is 12.2 Å². The van der Waals surface area contributed by atoms with E-state index in [9.17, 15) is 0 Å². The molecular weight excluding hydrogens is 164 g/mol. The van der Waals surface area contributed by atoms with Crippen molar-refractivity contribution in [1.82, 2.24) is 4.90 Å². The fourth-order valence-corrected chi connectivity index (χ4v) is 0.886. The van der Waals surface area contributed by atoms with Crippen LogP contribution in [0.1, 0.15) is 13.8 Å². The summed E-state index contributed by atoms with van der Waals surface area (Å²) in [5.74, 6) is 0. The quantitative estimate of drug-likeness (QED) is 0.599. The van der Waals surface area contributed by atoms with Crippen molar-refractivity contribution in [2.24, 2.45) is 5.73 Å². The Hall–Kier alpha value is -0.380. The molecule has 2 N–H and O–H groups in total. The summed E-state index contributed by atoms with van der Waals surface area (Å²) in [6.07, 6.45) is 4.38. The van der Waals surface area contributed by atoms with Crippen molar-refractivity contribution in [3.8, 4) is 0 Å². The molecular formula is C10H22N2O. The van der Waals surface area contributed by atoms with Crippen LogP contribution in [0.4, 0.5) is 0 Å². The first-order valence-electron chi connectivity index (χ1n) is 4.82. The Balaban J connectivity index is 3.29. The van der Waals surface area contributed by atoms with Gasteiger partial charge in [-0.3, -0.25) is 0 Å². The number of ether oxygens (including phenoxy) is 1. The summed E-state index contributed by atoms with van der Waals surface area (Å²) in [6, 6.07) is 0. The summed E-state index contributed by atoms with van der Waals surface area (Å²) in [5, 5.41) is 0. The zero-order valence-corrected chi connectivity index (χ0v) is 8.99. The van der Waals surface area contributed by atoms with Crippen LogP contribution in [0.3, 0.4) is 0 Å². The van der Waals surface area contributed by atoms with E-state index in [1.54, 1.807) is 0 Å². The van der Waals surface area contributed by atoms with Crippen LogP contribution in [0.5, 0.6) is 0 Å². The van der Waals surface area contributed by atoms with E-state index in [2.05, 4.69) is 18.0 Å². The predicted molar refractivity (Wildman–Crippen MR) is 56.8 cm³/mol. The first kappa shape index (κ1) is 12.6. The lowest BCUT2D eigenvalue weighted by Crippen LogP contribution is -2.24. The molecule has 0 saturated heterocycles. The largest absolute Gasteiger partial charge is 0.377 e. The van der Waals surface area contributed by atoms with Crippen molar-refractivity contribution in [2.45, 2.75) is 20.0 Å². The van der Waals surface area contributed by atoms with E-state index in [1.807, 2.05) is 19.9 Å². The smallest absolute Gasteiger partial charge is 0.0596 e. The number of nitrogens with two attached hydrogens (primary N) is 1. The first-order valence-corrected chi connectivity index (χ1v) is 4.82. The summed E-state index contributed by atoms with van der Waals surface area (Å²) >= 11 is 0. The molecule has 0 fully saturated rings. The fraction of sp³-hybridized carbons (Fsp3) is 0.800. The van der Waals surface area contributed by atoms with Crippen LogP contribution in [0.25, 0.3) is 0 Å². The monoisotopic (exact) mass is 186 g/mol. The normalized spacial score (nSPS) is 12.2. The maximum atomic E-state index is 5.43. The van der Waals surface area contributed by atoms with E-state index in [1.165, 1.54) is 0 Å². The minimum atomic E-state index is 0.327. The zero-order chi connectivity index (χ0) is 10.1. The van der Waals surface area contributed by atoms with Gasteiger partial charge in [0.15, 0.2) is 0 Å². The number of nitrogens with zero attached hydrogens (tertiary/aromatic N) is 1. The summed E-state index contributed by atoms with van der Waals surface area (Å²) in [4.78, 5) is 2.20. The Morgan fingerprint density at radius 3 is 2.62 bits per heavy atom. The van der Waals surface area contributed by atoms with E-state index in [0.29, 0.717) is 12.6 Å². The molecule has 0 radical (unpaired) electrons. The van der Waals surface area contributed by atoms with Gasteiger partial charge in [-0.2, -0.15) is 0 Å². The van der Waals surface area contributed by atoms with Gasteiger partial charge >= 0.3 is 0 Å². The molecule has 3 nitrogen and oxygen atoms in total. The summed E-state index contributed by atoms with van der Waals surface area (Å²) in [6.45, 7) is 7.43. The van der Waals surface area contributed by atoms with Gasteiger partial charge in [-0.15, -0.1) is 0 Å². The Labute approximate surface area is 81.5 Å². The van der Waals surface area contributed by atoms with E-state index in [0.717, 1.165) is 19.7 Å². The highest BCUT2D eigenvalue weighted by atomic mass is 16.5. The highest BCUT2D eigenvalue weighted by molar-refractivity contribution is 4.84. The molecule has 3 heteroatoms. The molecule has 0 bridgehead atoms. The van der Waals surface area contributed by atoms with E-state index in [4.69, 9.17) is 10.5 Å². The minimum Gasteiger partial charge on any atom is -0.377 e. The van der Waals surface area contributed by atoms with Gasteiger partial charge in [0.05, 0.1) is 12.7 Å². The van der Waals surface area contributed by atoms with Gasteiger partial charge in [-0.25, -0.2) is 0 Å². The average Bonchev–Trinajstić information content (AvgIpc) is 2.04. The molecule has 0 unspecified atom stereocenters. The van der Waals surface area contributed by atoms with E-state index >= 15 is 0 Å². The van der Waals surface area contributed by atoms with Gasteiger partial charge in [0.25, 0.3) is 0 Å². The fourth-order valence-electron chi connectivity index (χ4n) is 0.886. The second-order valence-corrected chi connectivity index (χ2v) is 3.39. The third-order valence-corrected chi connectivity index (χ3v) is 1.64. The number of likely N-dealkylation sites (N-methyl/N-ethyl adjacent to an activating group) is 1. The Kier molecular flexibility index (Phi) is 7.99. The van der Waals surface area contributed by atoms with Gasteiger partial charge in [0.1, 0.15) is 0 Å². The summed E-state index contributed by atoms with van der Waals surface area (Å²) in [7, 11) is 2.07. The van der Waals surface area contributed by atoms with Crippen LogP contribution in [-0.2, 0) is 4.74 Å². The molecule has 78 valence electrons. The van der Waals surface area contributed by atoms with Crippen LogP contribution in [0.15, 0.2) is 12.2 Å². The zero-order valence-electron chi connectivity index (χ0n) is 8.99. The third-order valence-electron chi connectivity index (χ3n) is 1.64. The van der Waals surface area contributed by atoms with Crippen LogP contribution in [0.2, 0.25) is 0 Å². The summed E-state index contributed by atoms with van der Waals surface area (Å²) in [5.41, 5.74) is 5.32. The Bertz CT molecular complexity index is 135. The third kappa shape index (κ3) is 9.53. The maximum Gasteiger partial charge on any atom is 0.0596 e. The highest BCUT2D eigenvalue weighted by Crippen LogP contribution is 1.89. The molecule has 0 spiro atoms. The van der Waals surface area contributed by atoms with Crippen molar-refractivity contribution in [3.63, 3.8) is 0 Å². The molecule has 0 rings (SSSR count). The maximum absolute atomic E-state index is 5.43. The van der Waals surface area contributed by atoms with Crippen molar-refractivity contribution in [1.29, 1.82) is 0 Å². The Morgan fingerprint density at radius 1 is 1.38 bits per heavy atom. The first-order chi connectivity index (χ1) is 6.16. The lowest BCUT2D eigenvalue weighted by molar-refractivity contribution is 0.0657. The number of hydrogen-bond donors (Lipinski definition) is 1. The van der Waals surface area contributed by atoms with Crippen LogP contribution < -0.4 is 5.73 Å². The lowest BCUT2D eigenvalue weighted by Gasteiger charge is -2.15. The molecule has 0 atom stereocenters. The van der Waals surface area contributed by atoms with E-state index in [-0.39, 0.29) is 0 Å². The van der Waals surface area contributed by atoms with Crippen molar-refractivity contribution >= 4 is 0 Å². The SMILES string of the molecule is CC(C)OCCN(C)C/C=C/CN. The number of hydrogen-bond acceptors (Lipinski definition) is 3. The van der Waals surface area contributed by atoms with Crippen molar-refractivity contribution in [3.05, 3.63) is 12.2 Å². The molecule has 0 aliphatic heterocycles. The van der Waals surface area contributed by atoms with Crippen molar-refractivity contribution in [2.75, 3.05) is 33.3 Å². The summed E-state index contributed by atoms with van der Waals surface area (Å²) < 4.78 is 5.43. The van der Waals surface area contributed by atoms with Crippen molar-refractivity contribution < 1.29 is 4.74 Å². The van der Waals surface area contributed by atoms with Crippen LogP contribution in [-0.4, -0.2) is 44.3 Å². The Morgan fingerprint density at radius 2 is 2.08 bits per heavy atom. The van der Waals surface area contributed by atoms with Gasteiger partial charge in [-0.05, 0) is 20.9 Å². The molecule has 0 aliphatic carbocycles. The molecule has 0 aromatic carbocycles. The number of rotatable bonds is 7. The average molecular weight is 186 g/mol. The minimum absolute atomic E-state index is 0.327. The van der Waals surface area contributed by atoms with Gasteiger partial charge < -0.3 is 15.4 Å². The molecule has 0 saturated carbocycles. The van der Waals surface area contributed by atoms with Gasteiger partial charge in [0.2, 0.25) is 0 Å². The van der Waals surface area contributed by atoms with E-state index < -0.39 is 0 Å².